The Morgan fingerprint density at radius 3 is 1.29 bits per heavy atom. The lowest BCUT2D eigenvalue weighted by Crippen LogP contribution is -2.45. The van der Waals surface area contributed by atoms with Crippen LogP contribution in [0.4, 0.5) is 0 Å². The summed E-state index contributed by atoms with van der Waals surface area (Å²) in [7, 11) is 0. The third-order valence-electron chi connectivity index (χ3n) is 11.3. The van der Waals surface area contributed by atoms with Crippen LogP contribution in [-0.2, 0) is 14.3 Å². The van der Waals surface area contributed by atoms with Gasteiger partial charge in [-0.25, -0.2) is 0 Å². The maximum atomic E-state index is 12.4. The standard InChI is InChI=1S/C49H95NO5/c1-3-5-7-9-11-13-14-15-16-17-18-19-20-21-22-27-31-35-39-43-49(54)55-44-40-36-32-28-24-23-26-30-34-38-42-48(53)50-46(45-51)47(52)41-37-33-29-25-12-10-8-6-4-2/h24,28,46-47,51-52H,3-23,25-27,29-45H2,1-2H3,(H,50,53)/b28-24-. The number of rotatable bonds is 45. The molecule has 0 fully saturated rings. The smallest absolute Gasteiger partial charge is 0.305 e. The third kappa shape index (κ3) is 42.0. The van der Waals surface area contributed by atoms with Crippen LogP contribution in [0.5, 0.6) is 0 Å². The number of ether oxygens (including phenoxy) is 1. The van der Waals surface area contributed by atoms with Crippen LogP contribution >= 0.6 is 0 Å². The van der Waals surface area contributed by atoms with Gasteiger partial charge in [0.15, 0.2) is 0 Å². The largest absolute Gasteiger partial charge is 0.466 e. The molecule has 0 aromatic rings. The molecule has 55 heavy (non-hydrogen) atoms. The zero-order valence-corrected chi connectivity index (χ0v) is 36.9. The van der Waals surface area contributed by atoms with Gasteiger partial charge >= 0.3 is 5.97 Å². The zero-order chi connectivity index (χ0) is 40.1. The van der Waals surface area contributed by atoms with Crippen LogP contribution in [0.15, 0.2) is 12.2 Å². The van der Waals surface area contributed by atoms with Crippen LogP contribution in [0.2, 0.25) is 0 Å². The number of allylic oxidation sites excluding steroid dienone is 2. The SMILES string of the molecule is CCCCCCCCCCCCCCCCCCCCCC(=O)OCCCC/C=C\CCCCCCC(=O)NC(CO)C(O)CCCCCCCCCCC. The highest BCUT2D eigenvalue weighted by atomic mass is 16.5. The van der Waals surface area contributed by atoms with Crippen LogP contribution in [-0.4, -0.2) is 47.4 Å². The minimum absolute atomic E-state index is 0.0323. The molecule has 6 heteroatoms. The molecule has 0 aliphatic heterocycles. The number of hydrogen-bond acceptors (Lipinski definition) is 5. The molecule has 0 aromatic heterocycles. The van der Waals surface area contributed by atoms with E-state index < -0.39 is 12.1 Å². The fourth-order valence-electron chi connectivity index (χ4n) is 7.51. The summed E-state index contributed by atoms with van der Waals surface area (Å²) >= 11 is 0. The first-order valence-corrected chi connectivity index (χ1v) is 24.4. The number of amides is 1. The minimum atomic E-state index is -0.682. The van der Waals surface area contributed by atoms with Crippen LogP contribution in [0, 0.1) is 0 Å². The maximum absolute atomic E-state index is 12.4. The normalized spacial score (nSPS) is 12.7. The van der Waals surface area contributed by atoms with E-state index >= 15 is 0 Å². The molecule has 0 aliphatic rings. The van der Waals surface area contributed by atoms with E-state index in [2.05, 4.69) is 31.3 Å². The average molecular weight is 778 g/mol. The number of aliphatic hydroxyl groups excluding tert-OH is 2. The molecule has 0 bridgehead atoms. The second-order valence-electron chi connectivity index (χ2n) is 16.8. The van der Waals surface area contributed by atoms with Gasteiger partial charge in [-0.15, -0.1) is 0 Å². The van der Waals surface area contributed by atoms with E-state index in [0.717, 1.165) is 77.0 Å². The molecule has 2 unspecified atom stereocenters. The zero-order valence-electron chi connectivity index (χ0n) is 36.9. The predicted octanol–water partition coefficient (Wildman–Crippen LogP) is 14.2. The molecule has 0 heterocycles. The fraction of sp³-hybridized carbons (Fsp3) is 0.918. The molecular weight excluding hydrogens is 683 g/mol. The second kappa shape index (κ2) is 45.3. The number of hydrogen-bond donors (Lipinski definition) is 3. The molecule has 0 radical (unpaired) electrons. The second-order valence-corrected chi connectivity index (χ2v) is 16.8. The molecule has 0 saturated heterocycles. The molecule has 0 aromatic carbocycles. The van der Waals surface area contributed by atoms with Crippen molar-refractivity contribution in [2.45, 2.75) is 276 Å². The van der Waals surface area contributed by atoms with Crippen molar-refractivity contribution in [3.05, 3.63) is 12.2 Å². The average Bonchev–Trinajstić information content (AvgIpc) is 3.18. The predicted molar refractivity (Wildman–Crippen MR) is 237 cm³/mol. The molecule has 3 N–H and O–H groups in total. The van der Waals surface area contributed by atoms with E-state index in [-0.39, 0.29) is 18.5 Å². The highest BCUT2D eigenvalue weighted by Gasteiger charge is 2.20. The van der Waals surface area contributed by atoms with Gasteiger partial charge in [0.2, 0.25) is 5.91 Å². The van der Waals surface area contributed by atoms with Crippen LogP contribution in [0.3, 0.4) is 0 Å². The van der Waals surface area contributed by atoms with Gasteiger partial charge in [-0.3, -0.25) is 9.59 Å². The number of aliphatic hydroxyl groups is 2. The Morgan fingerprint density at radius 1 is 0.491 bits per heavy atom. The first-order chi connectivity index (χ1) is 27.0. The molecular formula is C49H95NO5. The van der Waals surface area contributed by atoms with Crippen LogP contribution in [0.1, 0.15) is 264 Å². The lowest BCUT2D eigenvalue weighted by Gasteiger charge is -2.22. The van der Waals surface area contributed by atoms with Crippen LogP contribution < -0.4 is 5.32 Å². The Morgan fingerprint density at radius 2 is 0.855 bits per heavy atom. The molecule has 1 amide bonds. The molecule has 0 aliphatic carbocycles. The Bertz CT molecular complexity index is 817. The fourth-order valence-corrected chi connectivity index (χ4v) is 7.51. The number of carbonyl (C=O) groups excluding carboxylic acids is 2. The van der Waals surface area contributed by atoms with Gasteiger partial charge < -0.3 is 20.3 Å². The van der Waals surface area contributed by atoms with E-state index in [1.165, 1.54) is 154 Å². The summed E-state index contributed by atoms with van der Waals surface area (Å²) in [5, 5.41) is 23.0. The van der Waals surface area contributed by atoms with E-state index in [1.54, 1.807) is 0 Å². The lowest BCUT2D eigenvalue weighted by molar-refractivity contribution is -0.143. The maximum Gasteiger partial charge on any atom is 0.305 e. The summed E-state index contributed by atoms with van der Waals surface area (Å²) in [5.74, 6) is -0.105. The summed E-state index contributed by atoms with van der Waals surface area (Å²) in [6.07, 6.45) is 50.5. The summed E-state index contributed by atoms with van der Waals surface area (Å²) < 4.78 is 5.44. The van der Waals surface area contributed by atoms with Crippen molar-refractivity contribution in [3.8, 4) is 0 Å². The van der Waals surface area contributed by atoms with Crippen molar-refractivity contribution < 1.29 is 24.5 Å². The van der Waals surface area contributed by atoms with E-state index in [9.17, 15) is 19.8 Å². The van der Waals surface area contributed by atoms with Crippen molar-refractivity contribution >= 4 is 11.9 Å². The van der Waals surface area contributed by atoms with Crippen molar-refractivity contribution in [2.24, 2.45) is 0 Å². The summed E-state index contributed by atoms with van der Waals surface area (Å²) in [5.41, 5.74) is 0. The van der Waals surface area contributed by atoms with Gasteiger partial charge in [-0.1, -0.05) is 212 Å². The first kappa shape index (κ1) is 53.6. The highest BCUT2D eigenvalue weighted by Crippen LogP contribution is 2.16. The number of unbranched alkanes of at least 4 members (excludes halogenated alkanes) is 32. The van der Waals surface area contributed by atoms with Crippen molar-refractivity contribution in [3.63, 3.8) is 0 Å². The summed E-state index contributed by atoms with van der Waals surface area (Å²) in [4.78, 5) is 24.4. The van der Waals surface area contributed by atoms with Gasteiger partial charge in [0.1, 0.15) is 0 Å². The van der Waals surface area contributed by atoms with Gasteiger partial charge in [0.25, 0.3) is 0 Å². The molecule has 0 spiro atoms. The van der Waals surface area contributed by atoms with Gasteiger partial charge in [0.05, 0.1) is 25.4 Å². The monoisotopic (exact) mass is 778 g/mol. The Kier molecular flexibility index (Phi) is 44.2. The van der Waals surface area contributed by atoms with Crippen molar-refractivity contribution in [2.75, 3.05) is 13.2 Å². The topological polar surface area (TPSA) is 95.9 Å². The van der Waals surface area contributed by atoms with E-state index in [4.69, 9.17) is 4.74 Å². The minimum Gasteiger partial charge on any atom is -0.466 e. The quantitative estimate of drug-likeness (QED) is 0.0325. The Labute approximate surface area is 342 Å². The molecule has 6 nitrogen and oxygen atoms in total. The van der Waals surface area contributed by atoms with Crippen molar-refractivity contribution in [1.29, 1.82) is 0 Å². The molecule has 0 rings (SSSR count). The summed E-state index contributed by atoms with van der Waals surface area (Å²) in [6, 6.07) is -0.563. The number of esters is 1. The molecule has 0 saturated carbocycles. The number of carbonyl (C=O) groups is 2. The first-order valence-electron chi connectivity index (χ1n) is 24.4. The van der Waals surface area contributed by atoms with Gasteiger partial charge in [-0.2, -0.15) is 0 Å². The van der Waals surface area contributed by atoms with Crippen LogP contribution in [0.25, 0.3) is 0 Å². The number of nitrogens with one attached hydrogen (secondary N) is 1. The van der Waals surface area contributed by atoms with E-state index in [0.29, 0.717) is 25.9 Å². The Hall–Kier alpha value is -1.40. The van der Waals surface area contributed by atoms with Gasteiger partial charge in [0, 0.05) is 12.8 Å². The van der Waals surface area contributed by atoms with Crippen molar-refractivity contribution in [1.82, 2.24) is 5.32 Å². The third-order valence-corrected chi connectivity index (χ3v) is 11.3. The molecule has 2 atom stereocenters. The van der Waals surface area contributed by atoms with Gasteiger partial charge in [-0.05, 0) is 51.4 Å². The summed E-state index contributed by atoms with van der Waals surface area (Å²) in [6.45, 7) is 4.85. The van der Waals surface area contributed by atoms with E-state index in [1.807, 2.05) is 0 Å². The highest BCUT2D eigenvalue weighted by molar-refractivity contribution is 5.76. The lowest BCUT2D eigenvalue weighted by atomic mass is 10.0. The Balaban J connectivity index is 3.46. The molecule has 326 valence electrons.